The molecule has 3 aromatic rings. The molecule has 0 aliphatic rings. The van der Waals surface area contributed by atoms with Crippen molar-refractivity contribution in [2.24, 2.45) is 0 Å². The number of nitrogens with one attached hydrogen (secondary N) is 1. The number of aromatic nitrogens is 3. The minimum atomic E-state index is -0.345. The van der Waals surface area contributed by atoms with Crippen LogP contribution in [0.15, 0.2) is 30.5 Å². The topological polar surface area (TPSA) is 42.2 Å². The normalized spacial score (nSPS) is 12.8. The third kappa shape index (κ3) is 2.54. The van der Waals surface area contributed by atoms with Crippen molar-refractivity contribution in [1.29, 1.82) is 0 Å². The Labute approximate surface area is 117 Å². The highest BCUT2D eigenvalue weighted by atomic mass is 35.5. The summed E-state index contributed by atoms with van der Waals surface area (Å²) in [7, 11) is 0. The van der Waals surface area contributed by atoms with Crippen LogP contribution in [0, 0.1) is 5.82 Å². The van der Waals surface area contributed by atoms with Gasteiger partial charge in [0.2, 0.25) is 5.95 Å². The highest BCUT2D eigenvalue weighted by molar-refractivity contribution is 7.16. The van der Waals surface area contributed by atoms with Crippen molar-refractivity contribution in [2.45, 2.75) is 13.0 Å². The van der Waals surface area contributed by atoms with Gasteiger partial charge in [0.15, 0.2) is 5.65 Å². The standard InChI is InChI=1S/C12H10ClFN4S/c1-7(9-3-4-10(13)19-9)15-12-16-11-5-2-8(14)6-18(11)17-12/h2-7H,1H3,(H,15,17). The monoisotopic (exact) mass is 296 g/mol. The van der Waals surface area contributed by atoms with Crippen LogP contribution < -0.4 is 5.32 Å². The molecule has 3 aromatic heterocycles. The number of halogens is 2. The van der Waals surface area contributed by atoms with Gasteiger partial charge in [-0.2, -0.15) is 4.98 Å². The number of thiophene rings is 1. The van der Waals surface area contributed by atoms with Gasteiger partial charge in [0, 0.05) is 4.88 Å². The summed E-state index contributed by atoms with van der Waals surface area (Å²) in [6.07, 6.45) is 1.29. The van der Waals surface area contributed by atoms with Gasteiger partial charge in [0.25, 0.3) is 0 Å². The summed E-state index contributed by atoms with van der Waals surface area (Å²) in [5, 5.41) is 7.34. The molecule has 0 spiro atoms. The smallest absolute Gasteiger partial charge is 0.243 e. The van der Waals surface area contributed by atoms with E-state index in [1.807, 2.05) is 19.1 Å². The lowest BCUT2D eigenvalue weighted by atomic mass is 10.3. The van der Waals surface area contributed by atoms with Crippen LogP contribution in [0.5, 0.6) is 0 Å². The lowest BCUT2D eigenvalue weighted by Gasteiger charge is -2.09. The minimum Gasteiger partial charge on any atom is -0.346 e. The lowest BCUT2D eigenvalue weighted by molar-refractivity contribution is 0.614. The number of hydrogen-bond acceptors (Lipinski definition) is 4. The highest BCUT2D eigenvalue weighted by Crippen LogP contribution is 2.28. The molecule has 0 aliphatic heterocycles. The fraction of sp³-hybridized carbons (Fsp3) is 0.167. The summed E-state index contributed by atoms with van der Waals surface area (Å²) < 4.78 is 15.2. The number of nitrogens with zero attached hydrogens (tertiary/aromatic N) is 3. The Morgan fingerprint density at radius 2 is 2.21 bits per heavy atom. The second-order valence-electron chi connectivity index (χ2n) is 4.09. The first-order chi connectivity index (χ1) is 9.11. The molecule has 1 atom stereocenters. The average Bonchev–Trinajstić information content (AvgIpc) is 2.94. The van der Waals surface area contributed by atoms with Crippen molar-refractivity contribution in [2.75, 3.05) is 5.32 Å². The summed E-state index contributed by atoms with van der Waals surface area (Å²) in [6, 6.07) is 6.79. The van der Waals surface area contributed by atoms with E-state index in [-0.39, 0.29) is 11.9 Å². The molecular formula is C12H10ClFN4S. The van der Waals surface area contributed by atoms with Crippen molar-refractivity contribution in [3.63, 3.8) is 0 Å². The molecule has 1 N–H and O–H groups in total. The molecule has 0 bridgehead atoms. The first kappa shape index (κ1) is 12.4. The zero-order valence-electron chi connectivity index (χ0n) is 9.97. The van der Waals surface area contributed by atoms with Crippen molar-refractivity contribution >= 4 is 34.5 Å². The third-order valence-electron chi connectivity index (χ3n) is 2.66. The molecule has 0 aromatic carbocycles. The van der Waals surface area contributed by atoms with Gasteiger partial charge in [-0.15, -0.1) is 16.4 Å². The summed E-state index contributed by atoms with van der Waals surface area (Å²) in [5.41, 5.74) is 0.598. The molecule has 0 aliphatic carbocycles. The first-order valence-electron chi connectivity index (χ1n) is 5.65. The van der Waals surface area contributed by atoms with E-state index in [9.17, 15) is 4.39 Å². The van der Waals surface area contributed by atoms with E-state index in [0.29, 0.717) is 11.6 Å². The van der Waals surface area contributed by atoms with Gasteiger partial charge >= 0.3 is 0 Å². The van der Waals surface area contributed by atoms with Crippen molar-refractivity contribution < 1.29 is 4.39 Å². The Morgan fingerprint density at radius 1 is 1.37 bits per heavy atom. The van der Waals surface area contributed by atoms with Gasteiger partial charge < -0.3 is 5.32 Å². The number of rotatable bonds is 3. The van der Waals surface area contributed by atoms with E-state index in [2.05, 4.69) is 15.4 Å². The fourth-order valence-corrected chi connectivity index (χ4v) is 2.81. The predicted molar refractivity (Wildman–Crippen MR) is 74.3 cm³/mol. The Balaban J connectivity index is 1.85. The van der Waals surface area contributed by atoms with Crippen LogP contribution in [-0.2, 0) is 0 Å². The largest absolute Gasteiger partial charge is 0.346 e. The molecular weight excluding hydrogens is 287 g/mol. The van der Waals surface area contributed by atoms with Gasteiger partial charge in [-0.25, -0.2) is 8.91 Å². The van der Waals surface area contributed by atoms with Crippen LogP contribution in [0.25, 0.3) is 5.65 Å². The van der Waals surface area contributed by atoms with Crippen molar-refractivity contribution in [1.82, 2.24) is 14.6 Å². The molecule has 0 saturated heterocycles. The first-order valence-corrected chi connectivity index (χ1v) is 6.85. The highest BCUT2D eigenvalue weighted by Gasteiger charge is 2.11. The Bertz CT molecular complexity index is 723. The maximum atomic E-state index is 13.1. The SMILES string of the molecule is CC(Nc1nc2ccc(F)cn2n1)c1ccc(Cl)s1. The van der Waals surface area contributed by atoms with Crippen LogP contribution in [-0.4, -0.2) is 14.6 Å². The molecule has 19 heavy (non-hydrogen) atoms. The quantitative estimate of drug-likeness (QED) is 0.800. The average molecular weight is 297 g/mol. The maximum absolute atomic E-state index is 13.1. The molecule has 1 unspecified atom stereocenters. The summed E-state index contributed by atoms with van der Waals surface area (Å²) in [5.74, 6) is 0.115. The lowest BCUT2D eigenvalue weighted by Crippen LogP contribution is -2.06. The van der Waals surface area contributed by atoms with Crippen LogP contribution >= 0.6 is 22.9 Å². The van der Waals surface area contributed by atoms with E-state index in [1.165, 1.54) is 28.1 Å². The second kappa shape index (κ2) is 4.79. The third-order valence-corrected chi connectivity index (χ3v) is 4.08. The van der Waals surface area contributed by atoms with Crippen LogP contribution in [0.1, 0.15) is 17.8 Å². The van der Waals surface area contributed by atoms with E-state index in [4.69, 9.17) is 11.6 Å². The summed E-state index contributed by atoms with van der Waals surface area (Å²) in [6.45, 7) is 1.99. The molecule has 4 nitrogen and oxygen atoms in total. The van der Waals surface area contributed by atoms with Gasteiger partial charge in [0.1, 0.15) is 5.82 Å². The molecule has 0 saturated carbocycles. The van der Waals surface area contributed by atoms with Crippen molar-refractivity contribution in [3.05, 3.63) is 45.5 Å². The van der Waals surface area contributed by atoms with Gasteiger partial charge in [-0.05, 0) is 31.2 Å². The summed E-state index contributed by atoms with van der Waals surface area (Å²) in [4.78, 5) is 5.36. The molecule has 3 rings (SSSR count). The molecule has 0 radical (unpaired) electrons. The van der Waals surface area contributed by atoms with Crippen molar-refractivity contribution in [3.8, 4) is 0 Å². The maximum Gasteiger partial charge on any atom is 0.243 e. The van der Waals surface area contributed by atoms with E-state index in [1.54, 1.807) is 6.07 Å². The van der Waals surface area contributed by atoms with Gasteiger partial charge in [0.05, 0.1) is 16.6 Å². The Morgan fingerprint density at radius 3 is 2.95 bits per heavy atom. The number of fused-ring (bicyclic) bond motifs is 1. The van der Waals surface area contributed by atoms with E-state index in [0.717, 1.165) is 9.21 Å². The van der Waals surface area contributed by atoms with Gasteiger partial charge in [-0.1, -0.05) is 11.6 Å². The second-order valence-corrected chi connectivity index (χ2v) is 5.84. The van der Waals surface area contributed by atoms with E-state index >= 15 is 0 Å². The Kier molecular flexibility index (Phi) is 3.12. The Hall–Kier alpha value is -1.66. The number of anilines is 1. The van der Waals surface area contributed by atoms with Gasteiger partial charge in [-0.3, -0.25) is 0 Å². The van der Waals surface area contributed by atoms with E-state index < -0.39 is 0 Å². The van der Waals surface area contributed by atoms with Crippen LogP contribution in [0.3, 0.4) is 0 Å². The fourth-order valence-electron chi connectivity index (χ4n) is 1.74. The molecule has 0 fully saturated rings. The van der Waals surface area contributed by atoms with Crippen LogP contribution in [0.4, 0.5) is 10.3 Å². The number of pyridine rings is 1. The molecule has 3 heterocycles. The molecule has 7 heteroatoms. The zero-order valence-corrected chi connectivity index (χ0v) is 11.5. The molecule has 98 valence electrons. The summed E-state index contributed by atoms with van der Waals surface area (Å²) >= 11 is 7.41. The van der Waals surface area contributed by atoms with Crippen LogP contribution in [0.2, 0.25) is 4.34 Å². The zero-order chi connectivity index (χ0) is 13.4. The molecule has 0 amide bonds. The number of hydrogen-bond donors (Lipinski definition) is 1. The minimum absolute atomic E-state index is 0.0414. The predicted octanol–water partition coefficient (Wildman–Crippen LogP) is 3.76.